The zero-order valence-corrected chi connectivity index (χ0v) is 9.20. The SMILES string of the molecule is CC=CC(C)=C(Br)C(C)=CC. The molecule has 62 valence electrons. The number of hydrogen-bond acceptors (Lipinski definition) is 0. The summed E-state index contributed by atoms with van der Waals surface area (Å²) in [6.07, 6.45) is 6.23. The van der Waals surface area contributed by atoms with Gasteiger partial charge in [-0.15, -0.1) is 0 Å². The highest BCUT2D eigenvalue weighted by molar-refractivity contribution is 9.12. The van der Waals surface area contributed by atoms with Crippen molar-refractivity contribution in [2.24, 2.45) is 0 Å². The van der Waals surface area contributed by atoms with Gasteiger partial charge in [0, 0.05) is 4.48 Å². The molecule has 0 rings (SSSR count). The van der Waals surface area contributed by atoms with Crippen LogP contribution in [-0.4, -0.2) is 0 Å². The zero-order valence-electron chi connectivity index (χ0n) is 7.61. The van der Waals surface area contributed by atoms with Crippen LogP contribution in [-0.2, 0) is 0 Å². The fraction of sp³-hybridized carbons (Fsp3) is 0.400. The van der Waals surface area contributed by atoms with Gasteiger partial charge in [-0.25, -0.2) is 0 Å². The standard InChI is InChI=1S/C10H15Br/c1-5-7-9(4)10(11)8(3)6-2/h5-7H,1-4H3. The number of allylic oxidation sites excluding steroid dienone is 6. The monoisotopic (exact) mass is 214 g/mol. The predicted molar refractivity (Wildman–Crippen MR) is 55.9 cm³/mol. The summed E-state index contributed by atoms with van der Waals surface area (Å²) in [6.45, 7) is 8.25. The first-order valence-electron chi connectivity index (χ1n) is 3.75. The first kappa shape index (κ1) is 10.7. The van der Waals surface area contributed by atoms with Crippen molar-refractivity contribution in [3.63, 3.8) is 0 Å². The van der Waals surface area contributed by atoms with Gasteiger partial charge in [0.15, 0.2) is 0 Å². The molecule has 11 heavy (non-hydrogen) atoms. The van der Waals surface area contributed by atoms with E-state index in [0.29, 0.717) is 0 Å². The van der Waals surface area contributed by atoms with Gasteiger partial charge in [-0.2, -0.15) is 0 Å². The molecule has 0 radical (unpaired) electrons. The normalized spacial score (nSPS) is 15.5. The molecule has 0 fully saturated rings. The minimum atomic E-state index is 1.19. The molecule has 0 unspecified atom stereocenters. The lowest BCUT2D eigenvalue weighted by molar-refractivity contribution is 1.39. The Bertz CT molecular complexity index is 207. The number of rotatable bonds is 2. The van der Waals surface area contributed by atoms with E-state index in [1.807, 2.05) is 19.9 Å². The molecule has 0 saturated carbocycles. The van der Waals surface area contributed by atoms with Crippen molar-refractivity contribution in [1.29, 1.82) is 0 Å². The van der Waals surface area contributed by atoms with E-state index in [-0.39, 0.29) is 0 Å². The largest absolute Gasteiger partial charge is 0.0874 e. The van der Waals surface area contributed by atoms with Gasteiger partial charge in [-0.3, -0.25) is 0 Å². The second-order valence-corrected chi connectivity index (χ2v) is 3.26. The molecule has 0 aliphatic heterocycles. The Balaban J connectivity index is 4.66. The van der Waals surface area contributed by atoms with Gasteiger partial charge < -0.3 is 0 Å². The van der Waals surface area contributed by atoms with Crippen LogP contribution in [0, 0.1) is 0 Å². The molecule has 0 aromatic carbocycles. The number of hydrogen-bond donors (Lipinski definition) is 0. The molecule has 0 amide bonds. The average molecular weight is 215 g/mol. The third-order valence-electron chi connectivity index (χ3n) is 1.54. The van der Waals surface area contributed by atoms with E-state index in [9.17, 15) is 0 Å². The van der Waals surface area contributed by atoms with E-state index in [4.69, 9.17) is 0 Å². The van der Waals surface area contributed by atoms with E-state index in [1.165, 1.54) is 15.6 Å². The van der Waals surface area contributed by atoms with Gasteiger partial charge >= 0.3 is 0 Å². The molecule has 0 aliphatic carbocycles. The molecule has 0 aromatic heterocycles. The maximum absolute atomic E-state index is 3.53. The second kappa shape index (κ2) is 5.36. The van der Waals surface area contributed by atoms with E-state index >= 15 is 0 Å². The second-order valence-electron chi connectivity index (χ2n) is 2.47. The highest BCUT2D eigenvalue weighted by Crippen LogP contribution is 2.21. The van der Waals surface area contributed by atoms with Crippen LogP contribution in [0.15, 0.2) is 33.9 Å². The van der Waals surface area contributed by atoms with E-state index in [0.717, 1.165) is 0 Å². The Morgan fingerprint density at radius 2 is 1.73 bits per heavy atom. The fourth-order valence-electron chi connectivity index (χ4n) is 0.761. The lowest BCUT2D eigenvalue weighted by Gasteiger charge is -2.00. The van der Waals surface area contributed by atoms with Crippen molar-refractivity contribution in [3.05, 3.63) is 33.9 Å². The summed E-state index contributed by atoms with van der Waals surface area (Å²) >= 11 is 3.53. The molecule has 0 atom stereocenters. The van der Waals surface area contributed by atoms with Crippen LogP contribution in [0.2, 0.25) is 0 Å². The van der Waals surface area contributed by atoms with E-state index in [1.54, 1.807) is 0 Å². The summed E-state index contributed by atoms with van der Waals surface area (Å²) in [5.41, 5.74) is 2.55. The minimum Gasteiger partial charge on any atom is -0.0874 e. The fourth-order valence-corrected chi connectivity index (χ4v) is 1.12. The van der Waals surface area contributed by atoms with Crippen LogP contribution in [0.1, 0.15) is 27.7 Å². The van der Waals surface area contributed by atoms with Gasteiger partial charge in [0.2, 0.25) is 0 Å². The van der Waals surface area contributed by atoms with Crippen LogP contribution in [0.4, 0.5) is 0 Å². The molecule has 0 aromatic rings. The molecule has 1 heteroatoms. The van der Waals surface area contributed by atoms with Crippen LogP contribution < -0.4 is 0 Å². The lowest BCUT2D eigenvalue weighted by Crippen LogP contribution is -1.79. The van der Waals surface area contributed by atoms with Gasteiger partial charge in [-0.1, -0.05) is 34.2 Å². The van der Waals surface area contributed by atoms with Gasteiger partial charge in [0.25, 0.3) is 0 Å². The third-order valence-corrected chi connectivity index (χ3v) is 2.79. The van der Waals surface area contributed by atoms with Crippen molar-refractivity contribution in [3.8, 4) is 0 Å². The first-order chi connectivity index (χ1) is 5.13. The van der Waals surface area contributed by atoms with Gasteiger partial charge in [-0.05, 0) is 38.8 Å². The molecular formula is C10H15Br. The van der Waals surface area contributed by atoms with Crippen molar-refractivity contribution < 1.29 is 0 Å². The van der Waals surface area contributed by atoms with Gasteiger partial charge in [0.1, 0.15) is 0 Å². The van der Waals surface area contributed by atoms with E-state index < -0.39 is 0 Å². The molecule has 0 nitrogen and oxygen atoms in total. The van der Waals surface area contributed by atoms with Crippen molar-refractivity contribution in [1.82, 2.24) is 0 Å². The summed E-state index contributed by atoms with van der Waals surface area (Å²) in [4.78, 5) is 0. The molecule has 0 heterocycles. The summed E-state index contributed by atoms with van der Waals surface area (Å²) in [6, 6.07) is 0. The molecule has 0 saturated heterocycles. The lowest BCUT2D eigenvalue weighted by atomic mass is 10.2. The Kier molecular flexibility index (Phi) is 5.22. The summed E-state index contributed by atoms with van der Waals surface area (Å²) in [7, 11) is 0. The predicted octanol–water partition coefficient (Wildman–Crippen LogP) is 4.20. The summed E-state index contributed by atoms with van der Waals surface area (Å²) < 4.78 is 1.19. The topological polar surface area (TPSA) is 0 Å². The zero-order chi connectivity index (χ0) is 8.85. The summed E-state index contributed by atoms with van der Waals surface area (Å²) in [5, 5.41) is 0. The Hall–Kier alpha value is -0.300. The maximum Gasteiger partial charge on any atom is 0.0230 e. The molecule has 0 bridgehead atoms. The Morgan fingerprint density at radius 3 is 2.09 bits per heavy atom. The highest BCUT2D eigenvalue weighted by Gasteiger charge is 1.95. The third kappa shape index (κ3) is 3.57. The van der Waals surface area contributed by atoms with Crippen LogP contribution in [0.5, 0.6) is 0 Å². The van der Waals surface area contributed by atoms with Crippen LogP contribution in [0.25, 0.3) is 0 Å². The van der Waals surface area contributed by atoms with E-state index in [2.05, 4.69) is 41.9 Å². The van der Waals surface area contributed by atoms with Crippen molar-refractivity contribution >= 4 is 15.9 Å². The quantitative estimate of drug-likeness (QED) is 0.605. The Labute approximate surface area is 77.8 Å². The number of halogens is 1. The molecule has 0 spiro atoms. The molecular weight excluding hydrogens is 200 g/mol. The smallest absolute Gasteiger partial charge is 0.0230 e. The first-order valence-corrected chi connectivity index (χ1v) is 4.55. The summed E-state index contributed by atoms with van der Waals surface area (Å²) in [5.74, 6) is 0. The minimum absolute atomic E-state index is 1.19. The van der Waals surface area contributed by atoms with Crippen LogP contribution in [0.3, 0.4) is 0 Å². The molecule has 0 aliphatic rings. The average Bonchev–Trinajstić information content (AvgIpc) is 2.02. The van der Waals surface area contributed by atoms with Gasteiger partial charge in [0.05, 0.1) is 0 Å². The molecule has 0 N–H and O–H groups in total. The highest BCUT2D eigenvalue weighted by atomic mass is 79.9. The van der Waals surface area contributed by atoms with Crippen LogP contribution >= 0.6 is 15.9 Å². The Morgan fingerprint density at radius 1 is 1.18 bits per heavy atom. The maximum atomic E-state index is 3.53. The van der Waals surface area contributed by atoms with Crippen molar-refractivity contribution in [2.45, 2.75) is 27.7 Å². The van der Waals surface area contributed by atoms with Crippen molar-refractivity contribution in [2.75, 3.05) is 0 Å².